The van der Waals surface area contributed by atoms with Gasteiger partial charge in [0.1, 0.15) is 34.6 Å². The number of halogens is 3. The molecule has 0 aliphatic rings. The van der Waals surface area contributed by atoms with Gasteiger partial charge in [-0.15, -0.1) is 0 Å². The first-order valence-electron chi connectivity index (χ1n) is 9.82. The van der Waals surface area contributed by atoms with E-state index in [1.54, 1.807) is 13.0 Å². The van der Waals surface area contributed by atoms with Gasteiger partial charge in [0, 0.05) is 6.07 Å². The van der Waals surface area contributed by atoms with Crippen LogP contribution in [0.1, 0.15) is 5.56 Å². The maximum Gasteiger partial charge on any atom is 0.268 e. The van der Waals surface area contributed by atoms with Gasteiger partial charge in [-0.25, -0.2) is 17.2 Å². The summed E-state index contributed by atoms with van der Waals surface area (Å²) in [6.45, 7) is 0.968. The minimum Gasteiger partial charge on any atom is -0.495 e. The SMILES string of the molecule is COc1ccc(N(CC(=O)Nc2ccc(F)cc2F)S(=O)(=O)c2cc(C)ccc2OC)cc1Cl. The fourth-order valence-corrected chi connectivity index (χ4v) is 5.05. The Morgan fingerprint density at radius 2 is 1.68 bits per heavy atom. The largest absolute Gasteiger partial charge is 0.495 e. The second kappa shape index (κ2) is 10.3. The molecule has 1 amide bonds. The minimum atomic E-state index is -4.37. The number of amides is 1. The Kier molecular flexibility index (Phi) is 7.63. The first-order chi connectivity index (χ1) is 16.1. The van der Waals surface area contributed by atoms with E-state index in [2.05, 4.69) is 5.32 Å². The number of benzene rings is 3. The predicted octanol–water partition coefficient (Wildman–Crippen LogP) is 4.78. The standard InChI is InChI=1S/C23H21ClF2N2O5S/c1-14-4-8-21(33-3)22(10-14)34(30,31)28(16-6-9-20(32-2)17(24)12-16)13-23(29)27-19-7-5-15(25)11-18(19)26/h4-12H,13H2,1-3H3,(H,27,29). The number of hydrogen-bond acceptors (Lipinski definition) is 5. The number of methoxy groups -OCH3 is 2. The molecule has 180 valence electrons. The number of nitrogens with one attached hydrogen (secondary N) is 1. The molecule has 34 heavy (non-hydrogen) atoms. The number of carbonyl (C=O) groups is 1. The van der Waals surface area contributed by atoms with Crippen molar-refractivity contribution in [1.82, 2.24) is 0 Å². The van der Waals surface area contributed by atoms with Gasteiger partial charge in [0.15, 0.2) is 0 Å². The molecule has 0 aliphatic heterocycles. The molecule has 0 heterocycles. The highest BCUT2D eigenvalue weighted by Gasteiger charge is 2.31. The van der Waals surface area contributed by atoms with Gasteiger partial charge < -0.3 is 14.8 Å². The molecule has 0 bridgehead atoms. The highest BCUT2D eigenvalue weighted by Crippen LogP contribution is 2.34. The Balaban J connectivity index is 2.06. The van der Waals surface area contributed by atoms with Crippen LogP contribution in [0, 0.1) is 18.6 Å². The zero-order valence-corrected chi connectivity index (χ0v) is 20.0. The smallest absolute Gasteiger partial charge is 0.268 e. The van der Waals surface area contributed by atoms with E-state index < -0.39 is 34.1 Å². The van der Waals surface area contributed by atoms with Gasteiger partial charge in [-0.05, 0) is 55.0 Å². The van der Waals surface area contributed by atoms with E-state index in [1.165, 1.54) is 44.6 Å². The summed E-state index contributed by atoms with van der Waals surface area (Å²) in [4.78, 5) is 12.6. The van der Waals surface area contributed by atoms with Crippen molar-refractivity contribution >= 4 is 38.9 Å². The van der Waals surface area contributed by atoms with Crippen molar-refractivity contribution in [2.75, 3.05) is 30.4 Å². The fraction of sp³-hybridized carbons (Fsp3) is 0.174. The lowest BCUT2D eigenvalue weighted by Gasteiger charge is -2.25. The Hall–Kier alpha value is -3.37. The first-order valence-corrected chi connectivity index (χ1v) is 11.6. The molecule has 1 N–H and O–H groups in total. The summed E-state index contributed by atoms with van der Waals surface area (Å²) in [5.74, 6) is -2.32. The summed E-state index contributed by atoms with van der Waals surface area (Å²) in [7, 11) is -1.64. The number of nitrogens with zero attached hydrogens (tertiary/aromatic N) is 1. The van der Waals surface area contributed by atoms with E-state index in [1.807, 2.05) is 0 Å². The van der Waals surface area contributed by atoms with Gasteiger partial charge in [0.05, 0.1) is 30.6 Å². The topological polar surface area (TPSA) is 84.9 Å². The van der Waals surface area contributed by atoms with Gasteiger partial charge in [-0.3, -0.25) is 9.10 Å². The molecule has 0 fully saturated rings. The van der Waals surface area contributed by atoms with Crippen molar-refractivity contribution in [3.05, 3.63) is 76.8 Å². The van der Waals surface area contributed by atoms with Gasteiger partial charge in [-0.2, -0.15) is 0 Å². The molecule has 0 aliphatic carbocycles. The van der Waals surface area contributed by atoms with Crippen LogP contribution in [0.15, 0.2) is 59.5 Å². The van der Waals surface area contributed by atoms with Crippen LogP contribution in [0.25, 0.3) is 0 Å². The molecule has 3 aromatic carbocycles. The normalized spacial score (nSPS) is 11.1. The second-order valence-corrected chi connectivity index (χ2v) is 9.40. The highest BCUT2D eigenvalue weighted by molar-refractivity contribution is 7.93. The van der Waals surface area contributed by atoms with Crippen molar-refractivity contribution < 1.29 is 31.5 Å². The van der Waals surface area contributed by atoms with Crippen molar-refractivity contribution in [1.29, 1.82) is 0 Å². The second-order valence-electron chi connectivity index (χ2n) is 7.16. The van der Waals surface area contributed by atoms with Crippen molar-refractivity contribution in [3.63, 3.8) is 0 Å². The predicted molar refractivity (Wildman–Crippen MR) is 125 cm³/mol. The average Bonchev–Trinajstić information content (AvgIpc) is 2.79. The molecule has 7 nitrogen and oxygen atoms in total. The summed E-state index contributed by atoms with van der Waals surface area (Å²) in [5.41, 5.74) is 0.402. The van der Waals surface area contributed by atoms with E-state index in [0.29, 0.717) is 17.4 Å². The minimum absolute atomic E-state index is 0.0593. The van der Waals surface area contributed by atoms with Gasteiger partial charge in [0.25, 0.3) is 10.0 Å². The molecular formula is C23H21ClF2N2O5S. The summed E-state index contributed by atoms with van der Waals surface area (Å²) in [6.07, 6.45) is 0. The Morgan fingerprint density at radius 3 is 2.29 bits per heavy atom. The number of aryl methyl sites for hydroxylation is 1. The first kappa shape index (κ1) is 25.3. The molecule has 3 rings (SSSR count). The van der Waals surface area contributed by atoms with Crippen LogP contribution in [0.5, 0.6) is 11.5 Å². The number of rotatable bonds is 8. The number of carbonyl (C=O) groups excluding carboxylic acids is 1. The molecule has 3 aromatic rings. The van der Waals surface area contributed by atoms with E-state index in [-0.39, 0.29) is 27.0 Å². The summed E-state index contributed by atoms with van der Waals surface area (Å²) < 4.78 is 65.7. The lowest BCUT2D eigenvalue weighted by Crippen LogP contribution is -2.38. The van der Waals surface area contributed by atoms with Crippen LogP contribution in [0.2, 0.25) is 5.02 Å². The number of sulfonamides is 1. The van der Waals surface area contributed by atoms with E-state index in [0.717, 1.165) is 16.4 Å². The lowest BCUT2D eigenvalue weighted by atomic mass is 10.2. The molecule has 11 heteroatoms. The van der Waals surface area contributed by atoms with E-state index >= 15 is 0 Å². The van der Waals surface area contributed by atoms with Crippen molar-refractivity contribution in [3.8, 4) is 11.5 Å². The van der Waals surface area contributed by atoms with Gasteiger partial charge in [-0.1, -0.05) is 17.7 Å². The number of ether oxygens (including phenoxy) is 2. The zero-order valence-electron chi connectivity index (χ0n) is 18.4. The summed E-state index contributed by atoms with van der Waals surface area (Å²) in [5, 5.41) is 2.38. The molecule has 0 saturated carbocycles. The quantitative estimate of drug-likeness (QED) is 0.471. The van der Waals surface area contributed by atoms with Crippen LogP contribution < -0.4 is 19.1 Å². The lowest BCUT2D eigenvalue weighted by molar-refractivity contribution is -0.114. The molecule has 0 saturated heterocycles. The zero-order chi connectivity index (χ0) is 25.0. The molecular weight excluding hydrogens is 490 g/mol. The third kappa shape index (κ3) is 5.40. The number of hydrogen-bond donors (Lipinski definition) is 1. The highest BCUT2D eigenvalue weighted by atomic mass is 35.5. The molecule has 0 spiro atoms. The van der Waals surface area contributed by atoms with E-state index in [9.17, 15) is 22.0 Å². The third-order valence-electron chi connectivity index (χ3n) is 4.80. The van der Waals surface area contributed by atoms with Crippen LogP contribution in [0.3, 0.4) is 0 Å². The van der Waals surface area contributed by atoms with Crippen LogP contribution in [0.4, 0.5) is 20.2 Å². The molecule has 0 atom stereocenters. The van der Waals surface area contributed by atoms with Gasteiger partial charge in [0.2, 0.25) is 5.91 Å². The molecule has 0 aromatic heterocycles. The molecule has 0 radical (unpaired) electrons. The Bertz CT molecular complexity index is 1330. The summed E-state index contributed by atoms with van der Waals surface area (Å²) in [6, 6.07) is 11.4. The third-order valence-corrected chi connectivity index (χ3v) is 6.89. The average molecular weight is 511 g/mol. The van der Waals surface area contributed by atoms with Gasteiger partial charge >= 0.3 is 0 Å². The Morgan fingerprint density at radius 1 is 1.00 bits per heavy atom. The van der Waals surface area contributed by atoms with Crippen molar-refractivity contribution in [2.24, 2.45) is 0 Å². The Labute approximate surface area is 200 Å². The van der Waals surface area contributed by atoms with Crippen molar-refractivity contribution in [2.45, 2.75) is 11.8 Å². The maximum atomic E-state index is 14.0. The monoisotopic (exact) mass is 510 g/mol. The maximum absolute atomic E-state index is 14.0. The summed E-state index contributed by atoms with van der Waals surface area (Å²) >= 11 is 6.20. The van der Waals surface area contributed by atoms with Crippen LogP contribution >= 0.6 is 11.6 Å². The fourth-order valence-electron chi connectivity index (χ4n) is 3.14. The van der Waals surface area contributed by atoms with Crippen LogP contribution in [-0.2, 0) is 14.8 Å². The van der Waals surface area contributed by atoms with E-state index in [4.69, 9.17) is 21.1 Å². The number of anilines is 2. The van der Waals surface area contributed by atoms with Crippen LogP contribution in [-0.4, -0.2) is 35.1 Å². The molecule has 0 unspecified atom stereocenters.